The van der Waals surface area contributed by atoms with E-state index in [0.717, 1.165) is 53.6 Å². The van der Waals surface area contributed by atoms with Crippen molar-refractivity contribution in [3.63, 3.8) is 0 Å². The summed E-state index contributed by atoms with van der Waals surface area (Å²) >= 11 is 1.74. The Kier molecular flexibility index (Phi) is 6.62. The Morgan fingerprint density at radius 1 is 1.14 bits per heavy atom. The average Bonchev–Trinajstić information content (AvgIpc) is 3.31. The zero-order valence-electron chi connectivity index (χ0n) is 20.9. The Bertz CT molecular complexity index is 1220. The summed E-state index contributed by atoms with van der Waals surface area (Å²) in [5.41, 5.74) is 1.72. The van der Waals surface area contributed by atoms with E-state index in [4.69, 9.17) is 4.74 Å². The maximum Gasteiger partial charge on any atom is 0.271 e. The highest BCUT2D eigenvalue weighted by Gasteiger charge is 2.48. The number of hydrogen-bond acceptors (Lipinski definition) is 4. The van der Waals surface area contributed by atoms with Crippen molar-refractivity contribution in [1.82, 2.24) is 14.8 Å². The molecular weight excluding hydrogens is 458 g/mol. The summed E-state index contributed by atoms with van der Waals surface area (Å²) in [5.74, 6) is 0.630. The molecule has 0 bridgehead atoms. The van der Waals surface area contributed by atoms with E-state index in [1.165, 1.54) is 17.7 Å². The van der Waals surface area contributed by atoms with Gasteiger partial charge in [-0.05, 0) is 56.0 Å². The standard InChI is InChI=1S/C28H35N3O3S/c1-4-22-15-23-25(35-22)16-24-26(32)31(17-19-11-13-21(34-3)14-12-19)28(2,18-30(23)24)27(33)29-20-9-7-5-6-8-10-20/h11-16,20H,4-10,17-18H2,1-3H3,(H,29,33)/t28-/m1/s1. The number of ether oxygens (including phenoxy) is 1. The van der Waals surface area contributed by atoms with Gasteiger partial charge in [0.2, 0.25) is 5.91 Å². The van der Waals surface area contributed by atoms with Crippen LogP contribution in [0, 0.1) is 0 Å². The van der Waals surface area contributed by atoms with Crippen molar-refractivity contribution in [2.24, 2.45) is 0 Å². The lowest BCUT2D eigenvalue weighted by Crippen LogP contribution is -2.64. The predicted octanol–water partition coefficient (Wildman–Crippen LogP) is 5.53. The number of nitrogens with zero attached hydrogens (tertiary/aromatic N) is 2. The van der Waals surface area contributed by atoms with Crippen LogP contribution in [0.4, 0.5) is 0 Å². The molecule has 3 heterocycles. The zero-order chi connectivity index (χ0) is 24.6. The minimum atomic E-state index is -0.990. The molecule has 0 saturated heterocycles. The van der Waals surface area contributed by atoms with E-state index in [9.17, 15) is 9.59 Å². The monoisotopic (exact) mass is 493 g/mol. The Labute approximate surface area is 211 Å². The molecule has 0 radical (unpaired) electrons. The normalized spacial score (nSPS) is 21.1. The van der Waals surface area contributed by atoms with Crippen LogP contribution in [0.15, 0.2) is 36.4 Å². The van der Waals surface area contributed by atoms with Gasteiger partial charge in [-0.15, -0.1) is 11.3 Å². The minimum absolute atomic E-state index is 0.0512. The van der Waals surface area contributed by atoms with Gasteiger partial charge in [0.05, 0.1) is 23.9 Å². The number of nitrogens with one attached hydrogen (secondary N) is 1. The van der Waals surface area contributed by atoms with Crippen LogP contribution in [0.2, 0.25) is 0 Å². The zero-order valence-corrected chi connectivity index (χ0v) is 21.7. The van der Waals surface area contributed by atoms with Gasteiger partial charge in [0.15, 0.2) is 0 Å². The maximum atomic E-state index is 13.9. The van der Waals surface area contributed by atoms with Crippen LogP contribution in [0.25, 0.3) is 10.2 Å². The third kappa shape index (κ3) is 4.46. The first kappa shape index (κ1) is 23.9. The maximum absolute atomic E-state index is 13.9. The number of thiophene rings is 1. The first-order chi connectivity index (χ1) is 16.9. The molecule has 1 atom stereocenters. The van der Waals surface area contributed by atoms with Gasteiger partial charge in [0.25, 0.3) is 5.91 Å². The molecule has 3 aromatic rings. The van der Waals surface area contributed by atoms with Crippen molar-refractivity contribution in [1.29, 1.82) is 0 Å². The number of amides is 2. The van der Waals surface area contributed by atoms with Crippen LogP contribution >= 0.6 is 11.3 Å². The van der Waals surface area contributed by atoms with Crippen molar-refractivity contribution in [2.45, 2.75) is 83.5 Å². The van der Waals surface area contributed by atoms with Crippen LogP contribution in [0.1, 0.15) is 73.3 Å². The van der Waals surface area contributed by atoms with Gasteiger partial charge < -0.3 is 19.5 Å². The summed E-state index contributed by atoms with van der Waals surface area (Å²) in [4.78, 5) is 31.0. The summed E-state index contributed by atoms with van der Waals surface area (Å²) in [7, 11) is 1.64. The minimum Gasteiger partial charge on any atom is -0.497 e. The molecule has 0 unspecified atom stereocenters. The second kappa shape index (κ2) is 9.69. The van der Waals surface area contributed by atoms with E-state index in [1.807, 2.05) is 37.3 Å². The van der Waals surface area contributed by atoms with Gasteiger partial charge in [0, 0.05) is 17.5 Å². The second-order valence-corrected chi connectivity index (χ2v) is 11.3. The smallest absolute Gasteiger partial charge is 0.271 e. The highest BCUT2D eigenvalue weighted by Crippen LogP contribution is 2.37. The van der Waals surface area contributed by atoms with E-state index in [0.29, 0.717) is 18.8 Å². The van der Waals surface area contributed by atoms with Crippen LogP contribution in [-0.4, -0.2) is 40.0 Å². The van der Waals surface area contributed by atoms with Gasteiger partial charge in [0.1, 0.15) is 17.0 Å². The molecule has 2 aliphatic rings. The molecule has 1 fully saturated rings. The number of carbonyl (C=O) groups is 2. The number of aromatic nitrogens is 1. The fourth-order valence-corrected chi connectivity index (χ4v) is 6.53. The third-order valence-corrected chi connectivity index (χ3v) is 8.91. The van der Waals surface area contributed by atoms with Crippen molar-refractivity contribution in [3.8, 4) is 5.75 Å². The quantitative estimate of drug-likeness (QED) is 0.460. The molecule has 7 heteroatoms. The average molecular weight is 494 g/mol. The Balaban J connectivity index is 1.51. The predicted molar refractivity (Wildman–Crippen MR) is 140 cm³/mol. The van der Waals surface area contributed by atoms with Crippen LogP contribution < -0.4 is 10.1 Å². The van der Waals surface area contributed by atoms with E-state index in [1.54, 1.807) is 23.3 Å². The van der Waals surface area contributed by atoms with Gasteiger partial charge >= 0.3 is 0 Å². The molecule has 1 saturated carbocycles. The molecule has 1 aliphatic heterocycles. The van der Waals surface area contributed by atoms with Gasteiger partial charge in [-0.2, -0.15) is 0 Å². The highest BCUT2D eigenvalue weighted by atomic mass is 32.1. The van der Waals surface area contributed by atoms with Gasteiger partial charge in [-0.1, -0.05) is 44.7 Å². The number of benzene rings is 1. The first-order valence-corrected chi connectivity index (χ1v) is 13.6. The number of methoxy groups -OCH3 is 1. The highest BCUT2D eigenvalue weighted by molar-refractivity contribution is 7.19. The summed E-state index contributed by atoms with van der Waals surface area (Å²) < 4.78 is 8.49. The molecule has 1 aliphatic carbocycles. The third-order valence-electron chi connectivity index (χ3n) is 7.69. The topological polar surface area (TPSA) is 63.6 Å². The van der Waals surface area contributed by atoms with Crippen molar-refractivity contribution >= 4 is 33.4 Å². The lowest BCUT2D eigenvalue weighted by atomic mass is 9.93. The second-order valence-electron chi connectivity index (χ2n) is 10.1. The molecule has 2 amide bonds. The Morgan fingerprint density at radius 3 is 2.51 bits per heavy atom. The SMILES string of the molecule is CCc1cc2c(cc3n2C[C@](C)(C(=O)NC2CCCCCC2)N(Cc2ccc(OC)cc2)C3=O)s1. The molecule has 0 spiro atoms. The fourth-order valence-electron chi connectivity index (χ4n) is 5.49. The molecule has 186 valence electrons. The molecule has 1 aromatic carbocycles. The fraction of sp³-hybridized carbons (Fsp3) is 0.500. The van der Waals surface area contributed by atoms with Crippen molar-refractivity contribution < 1.29 is 14.3 Å². The number of rotatable bonds is 6. The molecular formula is C28H35N3O3S. The number of fused-ring (bicyclic) bond motifs is 3. The van der Waals surface area contributed by atoms with Crippen LogP contribution in [0.3, 0.4) is 0 Å². The molecule has 2 aromatic heterocycles. The number of aryl methyl sites for hydroxylation is 1. The van der Waals surface area contributed by atoms with E-state index in [2.05, 4.69) is 22.9 Å². The van der Waals surface area contributed by atoms with Crippen molar-refractivity contribution in [3.05, 3.63) is 52.5 Å². The number of hydrogen-bond donors (Lipinski definition) is 1. The largest absolute Gasteiger partial charge is 0.497 e. The lowest BCUT2D eigenvalue weighted by molar-refractivity contribution is -0.134. The van der Waals surface area contributed by atoms with Gasteiger partial charge in [-0.25, -0.2) is 0 Å². The summed E-state index contributed by atoms with van der Waals surface area (Å²) in [6.07, 6.45) is 7.74. The van der Waals surface area contributed by atoms with E-state index < -0.39 is 5.54 Å². The van der Waals surface area contributed by atoms with Crippen LogP contribution in [0.5, 0.6) is 5.75 Å². The molecule has 35 heavy (non-hydrogen) atoms. The van der Waals surface area contributed by atoms with Crippen molar-refractivity contribution in [2.75, 3.05) is 7.11 Å². The van der Waals surface area contributed by atoms with Crippen LogP contribution in [-0.2, 0) is 24.3 Å². The van der Waals surface area contributed by atoms with Gasteiger partial charge in [-0.3, -0.25) is 9.59 Å². The molecule has 5 rings (SSSR count). The summed E-state index contributed by atoms with van der Waals surface area (Å²) in [5, 5.41) is 3.35. The first-order valence-electron chi connectivity index (χ1n) is 12.8. The number of carbonyl (C=O) groups excluding carboxylic acids is 2. The van der Waals surface area contributed by atoms with E-state index in [-0.39, 0.29) is 17.9 Å². The Morgan fingerprint density at radius 2 is 1.86 bits per heavy atom. The summed E-state index contributed by atoms with van der Waals surface area (Å²) in [6.45, 7) is 4.90. The molecule has 6 nitrogen and oxygen atoms in total. The summed E-state index contributed by atoms with van der Waals surface area (Å²) in [6, 6.07) is 12.1. The lowest BCUT2D eigenvalue weighted by Gasteiger charge is -2.44. The van der Waals surface area contributed by atoms with E-state index >= 15 is 0 Å². The Hall–Kier alpha value is -2.80. The molecule has 1 N–H and O–H groups in total.